The second kappa shape index (κ2) is 4.26. The van der Waals surface area contributed by atoms with Gasteiger partial charge in [0.2, 0.25) is 5.91 Å². The summed E-state index contributed by atoms with van der Waals surface area (Å²) in [5, 5.41) is 3.53. The number of carbonyl (C=O) groups is 1. The Morgan fingerprint density at radius 3 is 2.50 bits per heavy atom. The molecule has 12 heavy (non-hydrogen) atoms. The van der Waals surface area contributed by atoms with Crippen LogP contribution in [0.4, 0.5) is 0 Å². The molecule has 0 aliphatic heterocycles. The summed E-state index contributed by atoms with van der Waals surface area (Å²) in [5.74, 6) is 0.124. The number of hydrogen-bond acceptors (Lipinski definition) is 1. The van der Waals surface area contributed by atoms with Crippen molar-refractivity contribution in [2.45, 2.75) is 44.6 Å². The van der Waals surface area contributed by atoms with E-state index >= 15 is 0 Å². The lowest BCUT2D eigenvalue weighted by atomic mass is 9.94. The van der Waals surface area contributed by atoms with Gasteiger partial charge in [0.25, 0.3) is 0 Å². The lowest BCUT2D eigenvalue weighted by Crippen LogP contribution is -2.46. The molecule has 0 aromatic rings. The standard InChI is InChI=1S/C9H16BrNO/c1-2-9(5-3-4-6-9)11-8(12)7-10/h2-7H2,1H3,(H,11,12). The van der Waals surface area contributed by atoms with Crippen molar-refractivity contribution >= 4 is 21.8 Å². The molecule has 0 radical (unpaired) electrons. The van der Waals surface area contributed by atoms with Crippen molar-refractivity contribution in [1.82, 2.24) is 5.32 Å². The van der Waals surface area contributed by atoms with Crippen molar-refractivity contribution < 1.29 is 4.79 Å². The summed E-state index contributed by atoms with van der Waals surface area (Å²) in [7, 11) is 0. The van der Waals surface area contributed by atoms with E-state index in [9.17, 15) is 4.79 Å². The zero-order chi connectivity index (χ0) is 9.03. The Kier molecular flexibility index (Phi) is 3.56. The molecule has 0 saturated heterocycles. The molecule has 1 amide bonds. The Morgan fingerprint density at radius 1 is 1.50 bits per heavy atom. The quantitative estimate of drug-likeness (QED) is 0.745. The van der Waals surface area contributed by atoms with Crippen LogP contribution in [-0.4, -0.2) is 16.8 Å². The molecule has 3 heteroatoms. The van der Waals surface area contributed by atoms with Crippen LogP contribution in [0.25, 0.3) is 0 Å². The van der Waals surface area contributed by atoms with Gasteiger partial charge in [0.05, 0.1) is 5.33 Å². The van der Waals surface area contributed by atoms with E-state index in [0.717, 1.165) is 19.3 Å². The van der Waals surface area contributed by atoms with Crippen molar-refractivity contribution in [2.75, 3.05) is 5.33 Å². The number of nitrogens with one attached hydrogen (secondary N) is 1. The highest BCUT2D eigenvalue weighted by Gasteiger charge is 2.32. The van der Waals surface area contributed by atoms with Crippen LogP contribution in [0.1, 0.15) is 39.0 Å². The summed E-state index contributed by atoms with van der Waals surface area (Å²) in [6, 6.07) is 0. The fourth-order valence-corrected chi connectivity index (χ4v) is 2.09. The minimum atomic E-state index is 0.124. The normalized spacial score (nSPS) is 20.8. The lowest BCUT2D eigenvalue weighted by molar-refractivity contribution is -0.120. The molecule has 1 aliphatic rings. The van der Waals surface area contributed by atoms with E-state index in [2.05, 4.69) is 28.2 Å². The van der Waals surface area contributed by atoms with Gasteiger partial charge in [0.1, 0.15) is 0 Å². The fraction of sp³-hybridized carbons (Fsp3) is 0.889. The third-order valence-corrected chi connectivity index (χ3v) is 3.27. The van der Waals surface area contributed by atoms with Crippen LogP contribution in [0.3, 0.4) is 0 Å². The van der Waals surface area contributed by atoms with Crippen LogP contribution >= 0.6 is 15.9 Å². The van der Waals surface area contributed by atoms with E-state index in [1.165, 1.54) is 12.8 Å². The smallest absolute Gasteiger partial charge is 0.231 e. The molecule has 1 fully saturated rings. The van der Waals surface area contributed by atoms with Gasteiger partial charge in [0.15, 0.2) is 0 Å². The number of amides is 1. The Labute approximate surface area is 82.2 Å². The fourth-order valence-electron chi connectivity index (χ4n) is 1.95. The molecular weight excluding hydrogens is 218 g/mol. The van der Waals surface area contributed by atoms with Crippen LogP contribution in [-0.2, 0) is 4.79 Å². The Hall–Kier alpha value is -0.0500. The predicted molar refractivity (Wildman–Crippen MR) is 53.4 cm³/mol. The molecule has 1 N–H and O–H groups in total. The van der Waals surface area contributed by atoms with E-state index in [1.807, 2.05) is 0 Å². The number of rotatable bonds is 3. The van der Waals surface area contributed by atoms with E-state index in [4.69, 9.17) is 0 Å². The van der Waals surface area contributed by atoms with E-state index in [1.54, 1.807) is 0 Å². The molecule has 0 unspecified atom stereocenters. The van der Waals surface area contributed by atoms with E-state index in [-0.39, 0.29) is 11.4 Å². The molecule has 1 aliphatic carbocycles. The van der Waals surface area contributed by atoms with Gasteiger partial charge in [0, 0.05) is 5.54 Å². The van der Waals surface area contributed by atoms with Gasteiger partial charge in [-0.1, -0.05) is 35.7 Å². The molecule has 0 spiro atoms. The summed E-state index contributed by atoms with van der Waals surface area (Å²) < 4.78 is 0. The van der Waals surface area contributed by atoms with Crippen LogP contribution in [0.2, 0.25) is 0 Å². The van der Waals surface area contributed by atoms with E-state index < -0.39 is 0 Å². The second-order valence-corrected chi connectivity index (χ2v) is 4.08. The van der Waals surface area contributed by atoms with Crippen LogP contribution in [0.5, 0.6) is 0 Å². The van der Waals surface area contributed by atoms with Crippen molar-refractivity contribution in [3.05, 3.63) is 0 Å². The minimum Gasteiger partial charge on any atom is -0.350 e. The minimum absolute atomic E-state index is 0.124. The van der Waals surface area contributed by atoms with Crippen molar-refractivity contribution in [1.29, 1.82) is 0 Å². The van der Waals surface area contributed by atoms with E-state index in [0.29, 0.717) is 5.33 Å². The zero-order valence-electron chi connectivity index (χ0n) is 7.53. The predicted octanol–water partition coefficient (Wildman–Crippen LogP) is 2.22. The van der Waals surface area contributed by atoms with Crippen LogP contribution < -0.4 is 5.32 Å². The molecule has 0 heterocycles. The van der Waals surface area contributed by atoms with Gasteiger partial charge >= 0.3 is 0 Å². The number of halogens is 1. The molecule has 0 aromatic carbocycles. The third kappa shape index (κ3) is 2.22. The maximum atomic E-state index is 11.2. The third-order valence-electron chi connectivity index (χ3n) is 2.76. The molecule has 0 aromatic heterocycles. The SMILES string of the molecule is CCC1(NC(=O)CBr)CCCC1. The van der Waals surface area contributed by atoms with Gasteiger partial charge < -0.3 is 5.32 Å². The highest BCUT2D eigenvalue weighted by atomic mass is 79.9. The van der Waals surface area contributed by atoms with Gasteiger partial charge in [-0.3, -0.25) is 4.79 Å². The highest BCUT2D eigenvalue weighted by Crippen LogP contribution is 2.32. The molecule has 70 valence electrons. The van der Waals surface area contributed by atoms with Crippen molar-refractivity contribution in [3.8, 4) is 0 Å². The number of hydrogen-bond donors (Lipinski definition) is 1. The van der Waals surface area contributed by atoms with Crippen LogP contribution in [0.15, 0.2) is 0 Å². The van der Waals surface area contributed by atoms with Crippen molar-refractivity contribution in [2.24, 2.45) is 0 Å². The Morgan fingerprint density at radius 2 is 2.08 bits per heavy atom. The second-order valence-electron chi connectivity index (χ2n) is 3.52. The summed E-state index contributed by atoms with van der Waals surface area (Å²) >= 11 is 3.16. The first-order valence-electron chi connectivity index (χ1n) is 4.59. The highest BCUT2D eigenvalue weighted by molar-refractivity contribution is 9.09. The Balaban J connectivity index is 2.49. The molecule has 2 nitrogen and oxygen atoms in total. The summed E-state index contributed by atoms with van der Waals surface area (Å²) in [5.41, 5.74) is 0.130. The molecule has 0 atom stereocenters. The molecular formula is C9H16BrNO. The zero-order valence-corrected chi connectivity index (χ0v) is 9.11. The van der Waals surface area contributed by atoms with Gasteiger partial charge in [-0.25, -0.2) is 0 Å². The van der Waals surface area contributed by atoms with Gasteiger partial charge in [-0.05, 0) is 19.3 Å². The average Bonchev–Trinajstić information content (AvgIpc) is 2.54. The number of alkyl halides is 1. The first kappa shape index (κ1) is 10.0. The maximum Gasteiger partial charge on any atom is 0.231 e. The summed E-state index contributed by atoms with van der Waals surface area (Å²) in [6.07, 6.45) is 5.89. The largest absolute Gasteiger partial charge is 0.350 e. The summed E-state index contributed by atoms with van der Waals surface area (Å²) in [4.78, 5) is 11.2. The van der Waals surface area contributed by atoms with Crippen molar-refractivity contribution in [3.63, 3.8) is 0 Å². The molecule has 1 rings (SSSR count). The van der Waals surface area contributed by atoms with Gasteiger partial charge in [-0.2, -0.15) is 0 Å². The lowest BCUT2D eigenvalue weighted by Gasteiger charge is -2.28. The first-order valence-corrected chi connectivity index (χ1v) is 5.71. The average molecular weight is 234 g/mol. The molecule has 0 bridgehead atoms. The number of carbonyl (C=O) groups excluding carboxylic acids is 1. The maximum absolute atomic E-state index is 11.2. The van der Waals surface area contributed by atoms with Gasteiger partial charge in [-0.15, -0.1) is 0 Å². The molecule has 1 saturated carbocycles. The summed E-state index contributed by atoms with van der Waals surface area (Å²) in [6.45, 7) is 2.15. The first-order chi connectivity index (χ1) is 5.72. The topological polar surface area (TPSA) is 29.1 Å². The monoisotopic (exact) mass is 233 g/mol. The Bertz CT molecular complexity index is 164. The van der Waals surface area contributed by atoms with Crippen LogP contribution in [0, 0.1) is 0 Å².